The van der Waals surface area contributed by atoms with Crippen molar-refractivity contribution in [3.8, 4) is 0 Å². The Morgan fingerprint density at radius 1 is 1.10 bits per heavy atom. The molecule has 0 aliphatic heterocycles. The Morgan fingerprint density at radius 3 is 2.43 bits per heavy atom. The van der Waals surface area contributed by atoms with E-state index in [-0.39, 0.29) is 0 Å². The van der Waals surface area contributed by atoms with E-state index in [9.17, 15) is 0 Å². The first-order chi connectivity index (χ1) is 10.3. The van der Waals surface area contributed by atoms with Gasteiger partial charge in [-0.3, -0.25) is 4.90 Å². The lowest BCUT2D eigenvalue weighted by Crippen LogP contribution is -2.33. The van der Waals surface area contributed by atoms with Gasteiger partial charge in [-0.05, 0) is 46.7 Å². The van der Waals surface area contributed by atoms with Crippen molar-refractivity contribution < 1.29 is 0 Å². The van der Waals surface area contributed by atoms with Crippen LogP contribution in [-0.2, 0) is 0 Å². The third-order valence-corrected chi connectivity index (χ3v) is 4.30. The Morgan fingerprint density at radius 2 is 1.81 bits per heavy atom. The van der Waals surface area contributed by atoms with Gasteiger partial charge in [0.2, 0.25) is 0 Å². The molecule has 1 aromatic carbocycles. The van der Waals surface area contributed by atoms with Crippen molar-refractivity contribution >= 4 is 21.7 Å². The minimum absolute atomic E-state index is 0.343. The van der Waals surface area contributed by atoms with Crippen LogP contribution in [0.15, 0.2) is 53.1 Å². The third kappa shape index (κ3) is 4.29. The monoisotopic (exact) mass is 347 g/mol. The van der Waals surface area contributed by atoms with Crippen molar-refractivity contribution in [1.82, 2.24) is 9.88 Å². The van der Waals surface area contributed by atoms with Gasteiger partial charge in [-0.2, -0.15) is 0 Å². The van der Waals surface area contributed by atoms with Gasteiger partial charge >= 0.3 is 0 Å². The lowest BCUT2D eigenvalue weighted by molar-refractivity contribution is 0.228. The summed E-state index contributed by atoms with van der Waals surface area (Å²) in [6.45, 7) is 7.30. The zero-order chi connectivity index (χ0) is 15.1. The summed E-state index contributed by atoms with van der Waals surface area (Å²) in [4.78, 5) is 6.84. The number of benzene rings is 1. The first kappa shape index (κ1) is 16.0. The fourth-order valence-electron chi connectivity index (χ4n) is 2.51. The molecule has 2 aromatic rings. The van der Waals surface area contributed by atoms with Crippen LogP contribution in [0.1, 0.15) is 25.5 Å². The number of likely N-dealkylation sites (N-methyl/N-ethyl adjacent to an activating group) is 1. The minimum atomic E-state index is 0.343. The van der Waals surface area contributed by atoms with Gasteiger partial charge in [-0.15, -0.1) is 0 Å². The van der Waals surface area contributed by atoms with Crippen LogP contribution < -0.4 is 5.32 Å². The largest absolute Gasteiger partial charge is 0.367 e. The molecule has 1 N–H and O–H groups in total. The second-order valence-corrected chi connectivity index (χ2v) is 5.72. The Kier molecular flexibility index (Phi) is 6.21. The van der Waals surface area contributed by atoms with E-state index in [1.807, 2.05) is 18.3 Å². The van der Waals surface area contributed by atoms with Gasteiger partial charge in [0.25, 0.3) is 0 Å². The van der Waals surface area contributed by atoms with Crippen LogP contribution in [0, 0.1) is 0 Å². The molecule has 0 fully saturated rings. The van der Waals surface area contributed by atoms with Crippen LogP contribution in [0.4, 0.5) is 5.82 Å². The molecule has 1 unspecified atom stereocenters. The molecule has 0 spiro atoms. The summed E-state index contributed by atoms with van der Waals surface area (Å²) in [6.07, 6.45) is 1.81. The Bertz CT molecular complexity index is 541. The normalized spacial score (nSPS) is 12.4. The summed E-state index contributed by atoms with van der Waals surface area (Å²) in [5, 5.41) is 3.46. The van der Waals surface area contributed by atoms with Crippen molar-refractivity contribution in [1.29, 1.82) is 0 Å². The summed E-state index contributed by atoms with van der Waals surface area (Å²) in [5.41, 5.74) is 1.33. The van der Waals surface area contributed by atoms with Gasteiger partial charge in [-0.1, -0.05) is 44.2 Å². The Hall–Kier alpha value is -1.39. The Balaban J connectivity index is 2.15. The fourth-order valence-corrected chi connectivity index (χ4v) is 2.90. The SMILES string of the molecule is CCN(CC)C(CNc1ncccc1Br)c1ccccc1. The Labute approximate surface area is 135 Å². The number of hydrogen-bond acceptors (Lipinski definition) is 3. The number of nitrogens with one attached hydrogen (secondary N) is 1. The molecule has 21 heavy (non-hydrogen) atoms. The number of halogens is 1. The number of anilines is 1. The zero-order valence-electron chi connectivity index (χ0n) is 12.6. The maximum absolute atomic E-state index is 4.38. The number of nitrogens with zero attached hydrogens (tertiary/aromatic N) is 2. The highest BCUT2D eigenvalue weighted by molar-refractivity contribution is 9.10. The first-order valence-electron chi connectivity index (χ1n) is 7.39. The van der Waals surface area contributed by atoms with Crippen LogP contribution in [0.2, 0.25) is 0 Å². The van der Waals surface area contributed by atoms with E-state index in [0.717, 1.165) is 29.9 Å². The number of pyridine rings is 1. The topological polar surface area (TPSA) is 28.2 Å². The predicted octanol–water partition coefficient (Wildman–Crippen LogP) is 4.34. The molecule has 0 saturated heterocycles. The summed E-state index contributed by atoms with van der Waals surface area (Å²) in [6, 6.07) is 14.9. The molecular formula is C17H22BrN3. The second kappa shape index (κ2) is 8.15. The van der Waals surface area contributed by atoms with Gasteiger partial charge in [-0.25, -0.2) is 4.98 Å². The molecule has 0 bridgehead atoms. The molecule has 0 aliphatic rings. The second-order valence-electron chi connectivity index (χ2n) is 4.86. The van der Waals surface area contributed by atoms with E-state index >= 15 is 0 Å². The molecule has 0 aliphatic carbocycles. The standard InChI is InChI=1S/C17H22BrN3/c1-3-21(4-2)16(14-9-6-5-7-10-14)13-20-17-15(18)11-8-12-19-17/h5-12,16H,3-4,13H2,1-2H3,(H,19,20). The third-order valence-electron chi connectivity index (χ3n) is 3.66. The zero-order valence-corrected chi connectivity index (χ0v) is 14.2. The van der Waals surface area contributed by atoms with Gasteiger partial charge < -0.3 is 5.32 Å². The van der Waals surface area contributed by atoms with Crippen molar-refractivity contribution in [3.63, 3.8) is 0 Å². The lowest BCUT2D eigenvalue weighted by atomic mass is 10.1. The fraction of sp³-hybridized carbons (Fsp3) is 0.353. The van der Waals surface area contributed by atoms with Gasteiger partial charge in [0.15, 0.2) is 0 Å². The van der Waals surface area contributed by atoms with E-state index in [4.69, 9.17) is 0 Å². The summed E-state index contributed by atoms with van der Waals surface area (Å²) < 4.78 is 0.997. The molecule has 4 heteroatoms. The highest BCUT2D eigenvalue weighted by atomic mass is 79.9. The van der Waals surface area contributed by atoms with Crippen molar-refractivity contribution in [2.45, 2.75) is 19.9 Å². The molecule has 0 saturated carbocycles. The summed E-state index contributed by atoms with van der Waals surface area (Å²) >= 11 is 3.54. The van der Waals surface area contributed by atoms with Crippen LogP contribution >= 0.6 is 15.9 Å². The van der Waals surface area contributed by atoms with Crippen molar-refractivity contribution in [2.24, 2.45) is 0 Å². The lowest BCUT2D eigenvalue weighted by Gasteiger charge is -2.30. The highest BCUT2D eigenvalue weighted by Crippen LogP contribution is 2.23. The van der Waals surface area contributed by atoms with Gasteiger partial charge in [0.05, 0.1) is 10.5 Å². The smallest absolute Gasteiger partial charge is 0.140 e. The molecule has 112 valence electrons. The molecule has 1 aromatic heterocycles. The first-order valence-corrected chi connectivity index (χ1v) is 8.19. The average molecular weight is 348 g/mol. The van der Waals surface area contributed by atoms with E-state index in [0.29, 0.717) is 6.04 Å². The van der Waals surface area contributed by atoms with Crippen LogP contribution in [0.5, 0.6) is 0 Å². The number of aromatic nitrogens is 1. The van der Waals surface area contributed by atoms with Gasteiger partial charge in [0, 0.05) is 12.7 Å². The van der Waals surface area contributed by atoms with E-state index < -0.39 is 0 Å². The molecule has 1 heterocycles. The molecular weight excluding hydrogens is 326 g/mol. The van der Waals surface area contributed by atoms with Crippen LogP contribution in [0.3, 0.4) is 0 Å². The van der Waals surface area contributed by atoms with Crippen molar-refractivity contribution in [2.75, 3.05) is 25.0 Å². The van der Waals surface area contributed by atoms with Crippen LogP contribution in [-0.4, -0.2) is 29.5 Å². The summed E-state index contributed by atoms with van der Waals surface area (Å²) in [5.74, 6) is 0.894. The number of hydrogen-bond donors (Lipinski definition) is 1. The van der Waals surface area contributed by atoms with Gasteiger partial charge in [0.1, 0.15) is 5.82 Å². The quantitative estimate of drug-likeness (QED) is 0.807. The summed E-state index contributed by atoms with van der Waals surface area (Å²) in [7, 11) is 0. The van der Waals surface area contributed by atoms with E-state index in [1.54, 1.807) is 0 Å². The highest BCUT2D eigenvalue weighted by Gasteiger charge is 2.17. The molecule has 0 amide bonds. The maximum Gasteiger partial charge on any atom is 0.140 e. The molecule has 2 rings (SSSR count). The van der Waals surface area contributed by atoms with E-state index in [1.165, 1.54) is 5.56 Å². The van der Waals surface area contributed by atoms with Crippen molar-refractivity contribution in [3.05, 3.63) is 58.7 Å². The average Bonchev–Trinajstić information content (AvgIpc) is 2.54. The molecule has 0 radical (unpaired) electrons. The minimum Gasteiger partial charge on any atom is -0.367 e. The van der Waals surface area contributed by atoms with E-state index in [2.05, 4.69) is 75.3 Å². The van der Waals surface area contributed by atoms with Crippen LogP contribution in [0.25, 0.3) is 0 Å². The molecule has 3 nitrogen and oxygen atoms in total. The predicted molar refractivity (Wildman–Crippen MR) is 92.5 cm³/mol. The maximum atomic E-state index is 4.38. The molecule has 1 atom stereocenters. The number of rotatable bonds is 7.